The molecule has 1 N–H and O–H groups in total. The molecule has 0 aliphatic carbocycles. The standard InChI is InChI=1S/C20H18FN3O4S2/c1-2-12-24-19(26)17(13-18(25)22-15-6-4-3-5-7-15)29-20(24)23-30(27,28)16-10-8-14(21)9-11-16/h2-11,17H,1,12-13H2,(H,22,25)/t17-/m1/s1. The van der Waals surface area contributed by atoms with Crippen LogP contribution in [0.1, 0.15) is 6.42 Å². The third kappa shape index (κ3) is 5.14. The summed E-state index contributed by atoms with van der Waals surface area (Å²) in [4.78, 5) is 26.0. The molecule has 0 radical (unpaired) electrons. The Balaban J connectivity index is 1.80. The second-order valence-electron chi connectivity index (χ2n) is 6.27. The van der Waals surface area contributed by atoms with Crippen molar-refractivity contribution in [3.05, 3.63) is 73.1 Å². The summed E-state index contributed by atoms with van der Waals surface area (Å²) in [6, 6.07) is 13.0. The highest BCUT2D eigenvalue weighted by Gasteiger charge is 2.39. The number of amides is 2. The van der Waals surface area contributed by atoms with Gasteiger partial charge >= 0.3 is 0 Å². The van der Waals surface area contributed by atoms with Crippen molar-refractivity contribution in [2.75, 3.05) is 11.9 Å². The number of hydrogen-bond donors (Lipinski definition) is 1. The highest BCUT2D eigenvalue weighted by atomic mass is 32.2. The van der Waals surface area contributed by atoms with Crippen LogP contribution < -0.4 is 5.32 Å². The van der Waals surface area contributed by atoms with Gasteiger partial charge in [0.1, 0.15) is 11.1 Å². The molecular weight excluding hydrogens is 429 g/mol. The average Bonchev–Trinajstić information content (AvgIpc) is 2.97. The van der Waals surface area contributed by atoms with Gasteiger partial charge < -0.3 is 5.32 Å². The largest absolute Gasteiger partial charge is 0.326 e. The summed E-state index contributed by atoms with van der Waals surface area (Å²) in [5, 5.41) is 1.82. The van der Waals surface area contributed by atoms with Crippen molar-refractivity contribution >= 4 is 44.5 Å². The number of anilines is 1. The summed E-state index contributed by atoms with van der Waals surface area (Å²) in [6.07, 6.45) is 1.28. The number of nitrogens with zero attached hydrogens (tertiary/aromatic N) is 2. The normalized spacial score (nSPS) is 17.9. The number of thioether (sulfide) groups is 1. The fourth-order valence-electron chi connectivity index (χ4n) is 2.67. The number of nitrogens with one attached hydrogen (secondary N) is 1. The van der Waals surface area contributed by atoms with E-state index in [9.17, 15) is 22.4 Å². The minimum absolute atomic E-state index is 0.0421. The Morgan fingerprint density at radius 2 is 1.87 bits per heavy atom. The number of rotatable bonds is 7. The molecule has 1 saturated heterocycles. The van der Waals surface area contributed by atoms with E-state index in [1.165, 1.54) is 11.0 Å². The van der Waals surface area contributed by atoms with Crippen LogP contribution in [0.5, 0.6) is 0 Å². The molecule has 30 heavy (non-hydrogen) atoms. The molecule has 0 saturated carbocycles. The van der Waals surface area contributed by atoms with Gasteiger partial charge in [0.05, 0.1) is 4.90 Å². The number of hydrogen-bond acceptors (Lipinski definition) is 5. The van der Waals surface area contributed by atoms with E-state index in [1.54, 1.807) is 24.3 Å². The van der Waals surface area contributed by atoms with Gasteiger partial charge in [0.25, 0.3) is 10.0 Å². The van der Waals surface area contributed by atoms with Crippen LogP contribution in [-0.4, -0.2) is 42.1 Å². The van der Waals surface area contributed by atoms with E-state index in [2.05, 4.69) is 16.3 Å². The van der Waals surface area contributed by atoms with Gasteiger partial charge in [0.15, 0.2) is 5.17 Å². The van der Waals surface area contributed by atoms with Gasteiger partial charge in [-0.15, -0.1) is 11.0 Å². The predicted molar refractivity (Wildman–Crippen MR) is 114 cm³/mol. The van der Waals surface area contributed by atoms with Gasteiger partial charge in [-0.25, -0.2) is 4.39 Å². The summed E-state index contributed by atoms with van der Waals surface area (Å²) in [5.74, 6) is -1.39. The zero-order valence-corrected chi connectivity index (χ0v) is 17.3. The third-order valence-corrected chi connectivity index (χ3v) is 6.64. The van der Waals surface area contributed by atoms with E-state index in [0.717, 1.165) is 36.0 Å². The number of carbonyl (C=O) groups excluding carboxylic acids is 2. The number of halogens is 1. The lowest BCUT2D eigenvalue weighted by Crippen LogP contribution is -2.33. The van der Waals surface area contributed by atoms with Crippen molar-refractivity contribution in [1.29, 1.82) is 0 Å². The minimum atomic E-state index is -4.16. The second-order valence-corrected chi connectivity index (χ2v) is 9.04. The molecule has 2 amide bonds. The molecule has 156 valence electrons. The Bertz CT molecular complexity index is 1090. The fourth-order valence-corrected chi connectivity index (χ4v) is 5.04. The molecule has 0 bridgehead atoms. The monoisotopic (exact) mass is 447 g/mol. The van der Waals surface area contributed by atoms with E-state index in [4.69, 9.17) is 0 Å². The van der Waals surface area contributed by atoms with Crippen molar-refractivity contribution in [2.24, 2.45) is 4.40 Å². The number of carbonyl (C=O) groups is 2. The molecule has 2 aromatic rings. The van der Waals surface area contributed by atoms with E-state index < -0.39 is 27.0 Å². The first-order valence-electron chi connectivity index (χ1n) is 8.84. The summed E-state index contributed by atoms with van der Waals surface area (Å²) < 4.78 is 42.0. The molecular formula is C20H18FN3O4S2. The number of benzene rings is 2. The molecule has 1 aliphatic rings. The molecule has 0 aromatic heterocycles. The van der Waals surface area contributed by atoms with Crippen molar-refractivity contribution in [2.45, 2.75) is 16.6 Å². The number of sulfonamides is 1. The van der Waals surface area contributed by atoms with Crippen LogP contribution in [0.15, 0.2) is 76.5 Å². The predicted octanol–water partition coefficient (Wildman–Crippen LogP) is 3.03. The minimum Gasteiger partial charge on any atom is -0.326 e. The SMILES string of the molecule is C=CCN1C(=O)[C@@H](CC(=O)Nc2ccccc2)SC1=NS(=O)(=O)c1ccc(F)cc1. The lowest BCUT2D eigenvalue weighted by Gasteiger charge is -2.13. The molecule has 10 heteroatoms. The molecule has 2 aromatic carbocycles. The molecule has 1 atom stereocenters. The highest BCUT2D eigenvalue weighted by Crippen LogP contribution is 2.31. The van der Waals surface area contributed by atoms with E-state index in [-0.39, 0.29) is 28.9 Å². The molecule has 7 nitrogen and oxygen atoms in total. The Hall–Kier alpha value is -2.98. The lowest BCUT2D eigenvalue weighted by molar-refractivity contribution is -0.127. The van der Waals surface area contributed by atoms with Crippen LogP contribution in [0.25, 0.3) is 0 Å². The third-order valence-electron chi connectivity index (χ3n) is 4.07. The van der Waals surface area contributed by atoms with Crippen LogP contribution in [0.2, 0.25) is 0 Å². The van der Waals surface area contributed by atoms with Crippen LogP contribution in [0.3, 0.4) is 0 Å². The van der Waals surface area contributed by atoms with Crippen LogP contribution >= 0.6 is 11.8 Å². The lowest BCUT2D eigenvalue weighted by atomic mass is 10.2. The van der Waals surface area contributed by atoms with Gasteiger partial charge in [-0.2, -0.15) is 8.42 Å². The smallest absolute Gasteiger partial charge is 0.284 e. The molecule has 1 fully saturated rings. The van der Waals surface area contributed by atoms with Crippen LogP contribution in [-0.2, 0) is 19.6 Å². The zero-order valence-electron chi connectivity index (χ0n) is 15.7. The maximum Gasteiger partial charge on any atom is 0.284 e. The summed E-state index contributed by atoms with van der Waals surface area (Å²) in [5.41, 5.74) is 0.591. The Morgan fingerprint density at radius 1 is 1.20 bits per heavy atom. The van der Waals surface area contributed by atoms with Gasteiger partial charge in [-0.05, 0) is 36.4 Å². The summed E-state index contributed by atoms with van der Waals surface area (Å²) in [6.45, 7) is 3.61. The van der Waals surface area contributed by atoms with Crippen molar-refractivity contribution < 1.29 is 22.4 Å². The molecule has 0 spiro atoms. The average molecular weight is 448 g/mol. The highest BCUT2D eigenvalue weighted by molar-refractivity contribution is 8.16. The fraction of sp³-hybridized carbons (Fsp3) is 0.150. The Kier molecular flexibility index (Phi) is 6.68. The molecule has 0 unspecified atom stereocenters. The van der Waals surface area contributed by atoms with Crippen molar-refractivity contribution in [1.82, 2.24) is 4.90 Å². The topological polar surface area (TPSA) is 95.9 Å². The first-order valence-corrected chi connectivity index (χ1v) is 11.2. The molecule has 1 aliphatic heterocycles. The second kappa shape index (κ2) is 9.23. The Labute approximate surface area is 177 Å². The van der Waals surface area contributed by atoms with Crippen molar-refractivity contribution in [3.63, 3.8) is 0 Å². The van der Waals surface area contributed by atoms with Gasteiger partial charge in [0, 0.05) is 18.7 Å². The van der Waals surface area contributed by atoms with Crippen LogP contribution in [0.4, 0.5) is 10.1 Å². The van der Waals surface area contributed by atoms with Gasteiger partial charge in [-0.3, -0.25) is 14.5 Å². The first kappa shape index (κ1) is 21.7. The first-order chi connectivity index (χ1) is 14.3. The molecule has 3 rings (SSSR count). The zero-order chi connectivity index (χ0) is 21.7. The van der Waals surface area contributed by atoms with Gasteiger partial charge in [-0.1, -0.05) is 36.0 Å². The maximum atomic E-state index is 13.1. The van der Waals surface area contributed by atoms with E-state index >= 15 is 0 Å². The number of para-hydroxylation sites is 1. The maximum absolute atomic E-state index is 13.1. The van der Waals surface area contributed by atoms with E-state index in [0.29, 0.717) is 5.69 Å². The summed E-state index contributed by atoms with van der Waals surface area (Å²) >= 11 is 0.895. The number of amidine groups is 1. The quantitative estimate of drug-likeness (QED) is 0.659. The summed E-state index contributed by atoms with van der Waals surface area (Å²) in [7, 11) is -4.16. The van der Waals surface area contributed by atoms with E-state index in [1.807, 2.05) is 6.07 Å². The Morgan fingerprint density at radius 3 is 2.50 bits per heavy atom. The van der Waals surface area contributed by atoms with Crippen LogP contribution in [0, 0.1) is 5.82 Å². The van der Waals surface area contributed by atoms with Gasteiger partial charge in [0.2, 0.25) is 11.8 Å². The molecule has 1 heterocycles. The van der Waals surface area contributed by atoms with Crippen molar-refractivity contribution in [3.8, 4) is 0 Å².